The second-order valence-electron chi connectivity index (χ2n) is 4.37. The molecule has 1 atom stereocenters. The van der Waals surface area contributed by atoms with E-state index in [-0.39, 0.29) is 11.9 Å². The van der Waals surface area contributed by atoms with Crippen molar-refractivity contribution in [3.05, 3.63) is 59.4 Å². The Morgan fingerprint density at radius 1 is 1.00 bits per heavy atom. The molecular weight excluding hydrogens is 213 g/mol. The van der Waals surface area contributed by atoms with Gasteiger partial charge in [-0.15, -0.1) is 0 Å². The van der Waals surface area contributed by atoms with E-state index in [2.05, 4.69) is 0 Å². The van der Waals surface area contributed by atoms with Gasteiger partial charge in [0, 0.05) is 6.04 Å². The van der Waals surface area contributed by atoms with Crippen molar-refractivity contribution < 1.29 is 4.39 Å². The van der Waals surface area contributed by atoms with E-state index in [0.29, 0.717) is 5.56 Å². The summed E-state index contributed by atoms with van der Waals surface area (Å²) in [5, 5.41) is 0. The Bertz CT molecular complexity index is 515. The Morgan fingerprint density at radius 2 is 1.59 bits per heavy atom. The van der Waals surface area contributed by atoms with Gasteiger partial charge in [0.05, 0.1) is 0 Å². The molecule has 0 saturated heterocycles. The van der Waals surface area contributed by atoms with Crippen molar-refractivity contribution in [2.45, 2.75) is 19.9 Å². The second kappa shape index (κ2) is 4.68. The van der Waals surface area contributed by atoms with Crippen LogP contribution in [0.15, 0.2) is 42.5 Å². The molecule has 0 aliphatic rings. The molecule has 2 N–H and O–H groups in total. The van der Waals surface area contributed by atoms with Crippen LogP contribution in [0.1, 0.15) is 24.1 Å². The molecule has 2 rings (SSSR count). The molecule has 2 aromatic carbocycles. The molecule has 0 fully saturated rings. The largest absolute Gasteiger partial charge is 0.324 e. The van der Waals surface area contributed by atoms with Crippen molar-refractivity contribution in [1.29, 1.82) is 0 Å². The minimum absolute atomic E-state index is 0.0267. The Morgan fingerprint density at radius 3 is 2.12 bits per heavy atom. The van der Waals surface area contributed by atoms with Crippen LogP contribution in [0.25, 0.3) is 11.1 Å². The lowest BCUT2D eigenvalue weighted by Gasteiger charge is -2.08. The summed E-state index contributed by atoms with van der Waals surface area (Å²) >= 11 is 0. The zero-order valence-corrected chi connectivity index (χ0v) is 10.1. The SMILES string of the molecule is Cc1ccc(-c2ccc(C(C)N)cc2)cc1F. The molecule has 17 heavy (non-hydrogen) atoms. The zero-order chi connectivity index (χ0) is 12.4. The lowest BCUT2D eigenvalue weighted by molar-refractivity contribution is 0.619. The van der Waals surface area contributed by atoms with Gasteiger partial charge in [-0.3, -0.25) is 0 Å². The van der Waals surface area contributed by atoms with Gasteiger partial charge in [-0.05, 0) is 42.2 Å². The Kier molecular flexibility index (Phi) is 3.25. The Balaban J connectivity index is 2.36. The fourth-order valence-corrected chi connectivity index (χ4v) is 1.75. The van der Waals surface area contributed by atoms with Crippen LogP contribution in [0.2, 0.25) is 0 Å². The van der Waals surface area contributed by atoms with Gasteiger partial charge >= 0.3 is 0 Å². The van der Waals surface area contributed by atoms with Crippen LogP contribution in [0, 0.1) is 12.7 Å². The smallest absolute Gasteiger partial charge is 0.126 e. The quantitative estimate of drug-likeness (QED) is 0.832. The van der Waals surface area contributed by atoms with E-state index in [0.717, 1.165) is 16.7 Å². The standard InChI is InChI=1S/C15H16FN/c1-10-3-4-14(9-15(10)16)13-7-5-12(6-8-13)11(2)17/h3-9,11H,17H2,1-2H3. The minimum Gasteiger partial charge on any atom is -0.324 e. The third kappa shape index (κ3) is 2.53. The maximum absolute atomic E-state index is 13.5. The molecular formula is C15H16FN. The summed E-state index contributed by atoms with van der Waals surface area (Å²) in [6.45, 7) is 3.71. The van der Waals surface area contributed by atoms with Gasteiger partial charge in [0.15, 0.2) is 0 Å². The summed E-state index contributed by atoms with van der Waals surface area (Å²) in [7, 11) is 0. The number of hydrogen-bond donors (Lipinski definition) is 1. The first-order chi connectivity index (χ1) is 8.08. The fourth-order valence-electron chi connectivity index (χ4n) is 1.75. The van der Waals surface area contributed by atoms with Crippen LogP contribution in [0.3, 0.4) is 0 Å². The van der Waals surface area contributed by atoms with Crippen LogP contribution < -0.4 is 5.73 Å². The van der Waals surface area contributed by atoms with E-state index in [1.807, 2.05) is 37.3 Å². The Labute approximate surface area is 101 Å². The van der Waals surface area contributed by atoms with Gasteiger partial charge in [-0.1, -0.05) is 36.4 Å². The maximum Gasteiger partial charge on any atom is 0.126 e. The normalized spacial score (nSPS) is 12.5. The first kappa shape index (κ1) is 11.8. The van der Waals surface area contributed by atoms with Gasteiger partial charge in [0.1, 0.15) is 5.82 Å². The number of rotatable bonds is 2. The van der Waals surface area contributed by atoms with E-state index in [1.54, 1.807) is 19.1 Å². The first-order valence-electron chi connectivity index (χ1n) is 5.70. The number of aryl methyl sites for hydroxylation is 1. The van der Waals surface area contributed by atoms with Gasteiger partial charge < -0.3 is 5.73 Å². The van der Waals surface area contributed by atoms with Gasteiger partial charge in [0.25, 0.3) is 0 Å². The average Bonchev–Trinajstić information content (AvgIpc) is 2.33. The highest BCUT2D eigenvalue weighted by Gasteiger charge is 2.03. The van der Waals surface area contributed by atoms with Crippen molar-refractivity contribution in [2.24, 2.45) is 5.73 Å². The molecule has 2 aromatic rings. The lowest BCUT2D eigenvalue weighted by atomic mass is 10.0. The van der Waals surface area contributed by atoms with E-state index < -0.39 is 0 Å². The molecule has 0 amide bonds. The van der Waals surface area contributed by atoms with Crippen LogP contribution in [-0.2, 0) is 0 Å². The molecule has 0 aliphatic heterocycles. The molecule has 1 nitrogen and oxygen atoms in total. The molecule has 0 heterocycles. The van der Waals surface area contributed by atoms with Gasteiger partial charge in [-0.2, -0.15) is 0 Å². The van der Waals surface area contributed by atoms with Crippen LogP contribution >= 0.6 is 0 Å². The van der Waals surface area contributed by atoms with Crippen molar-refractivity contribution in [1.82, 2.24) is 0 Å². The molecule has 0 aromatic heterocycles. The van der Waals surface area contributed by atoms with Crippen molar-refractivity contribution in [3.8, 4) is 11.1 Å². The van der Waals surface area contributed by atoms with E-state index in [1.165, 1.54) is 0 Å². The van der Waals surface area contributed by atoms with Crippen LogP contribution in [-0.4, -0.2) is 0 Å². The summed E-state index contributed by atoms with van der Waals surface area (Å²) < 4.78 is 13.5. The maximum atomic E-state index is 13.5. The topological polar surface area (TPSA) is 26.0 Å². The number of nitrogens with two attached hydrogens (primary N) is 1. The summed E-state index contributed by atoms with van der Waals surface area (Å²) in [5.41, 5.74) is 9.44. The monoisotopic (exact) mass is 229 g/mol. The zero-order valence-electron chi connectivity index (χ0n) is 10.1. The summed E-state index contributed by atoms with van der Waals surface area (Å²) in [6.07, 6.45) is 0. The van der Waals surface area contributed by atoms with Crippen LogP contribution in [0.4, 0.5) is 4.39 Å². The fraction of sp³-hybridized carbons (Fsp3) is 0.200. The van der Waals surface area contributed by atoms with Gasteiger partial charge in [-0.25, -0.2) is 4.39 Å². The molecule has 0 radical (unpaired) electrons. The number of halogens is 1. The van der Waals surface area contributed by atoms with E-state index >= 15 is 0 Å². The molecule has 1 unspecified atom stereocenters. The highest BCUT2D eigenvalue weighted by Crippen LogP contribution is 2.23. The van der Waals surface area contributed by atoms with Crippen molar-refractivity contribution >= 4 is 0 Å². The predicted molar refractivity (Wildman–Crippen MR) is 69.2 cm³/mol. The highest BCUT2D eigenvalue weighted by molar-refractivity contribution is 5.64. The molecule has 88 valence electrons. The first-order valence-corrected chi connectivity index (χ1v) is 5.70. The molecule has 0 saturated carbocycles. The van der Waals surface area contributed by atoms with Gasteiger partial charge in [0.2, 0.25) is 0 Å². The third-order valence-corrected chi connectivity index (χ3v) is 2.94. The molecule has 0 spiro atoms. The lowest BCUT2D eigenvalue weighted by Crippen LogP contribution is -2.04. The second-order valence-corrected chi connectivity index (χ2v) is 4.37. The third-order valence-electron chi connectivity index (χ3n) is 2.94. The van der Waals surface area contributed by atoms with Crippen LogP contribution in [0.5, 0.6) is 0 Å². The molecule has 2 heteroatoms. The summed E-state index contributed by atoms with van der Waals surface area (Å²) in [5.74, 6) is -0.168. The summed E-state index contributed by atoms with van der Waals surface area (Å²) in [6, 6.07) is 13.2. The molecule has 0 bridgehead atoms. The number of hydrogen-bond acceptors (Lipinski definition) is 1. The van der Waals surface area contributed by atoms with E-state index in [4.69, 9.17) is 5.73 Å². The van der Waals surface area contributed by atoms with E-state index in [9.17, 15) is 4.39 Å². The molecule has 0 aliphatic carbocycles. The van der Waals surface area contributed by atoms with Crippen molar-refractivity contribution in [2.75, 3.05) is 0 Å². The minimum atomic E-state index is -0.168. The van der Waals surface area contributed by atoms with Crippen molar-refractivity contribution in [3.63, 3.8) is 0 Å². The predicted octanol–water partition coefficient (Wildman–Crippen LogP) is 3.82. The number of benzene rings is 2. The average molecular weight is 229 g/mol. The highest BCUT2D eigenvalue weighted by atomic mass is 19.1. The summed E-state index contributed by atoms with van der Waals surface area (Å²) in [4.78, 5) is 0. The Hall–Kier alpha value is -1.67.